The molecule has 132 valence electrons. The molecule has 1 aromatic heterocycles. The SMILES string of the molecule is O=C(Oc1ccccc1N1C(=O)C2C3CCC(C3)C2C1=O)c1cccs1. The van der Waals surface area contributed by atoms with Gasteiger partial charge in [0.2, 0.25) is 11.8 Å². The van der Waals surface area contributed by atoms with Gasteiger partial charge in [-0.25, -0.2) is 9.69 Å². The summed E-state index contributed by atoms with van der Waals surface area (Å²) in [5, 5.41) is 1.80. The van der Waals surface area contributed by atoms with Crippen LogP contribution < -0.4 is 9.64 Å². The molecule has 2 aromatic rings. The standard InChI is InChI=1S/C20H17NO4S/c22-18-16-11-7-8-12(10-11)17(16)19(23)21(18)13-4-1-2-5-14(13)25-20(24)15-6-3-9-26-15/h1-6,9,11-12,16-17H,7-8,10H2. The molecule has 4 atom stereocenters. The number of nitrogens with zero attached hydrogens (tertiary/aromatic N) is 1. The van der Waals surface area contributed by atoms with E-state index < -0.39 is 5.97 Å². The van der Waals surface area contributed by atoms with Crippen molar-refractivity contribution in [3.05, 3.63) is 46.7 Å². The molecular formula is C20H17NO4S. The third-order valence-corrected chi connectivity index (χ3v) is 6.81. The Hall–Kier alpha value is -2.47. The number of carbonyl (C=O) groups is 3. The third kappa shape index (κ3) is 2.18. The maximum atomic E-state index is 13.0. The molecule has 0 radical (unpaired) electrons. The fraction of sp³-hybridized carbons (Fsp3) is 0.350. The number of esters is 1. The van der Waals surface area contributed by atoms with Crippen LogP contribution in [0.15, 0.2) is 41.8 Å². The molecule has 5 rings (SSSR count). The molecule has 26 heavy (non-hydrogen) atoms. The Bertz CT molecular complexity index is 878. The van der Waals surface area contributed by atoms with Crippen LogP contribution in [0.5, 0.6) is 5.75 Å². The first-order chi connectivity index (χ1) is 12.6. The summed E-state index contributed by atoms with van der Waals surface area (Å²) in [4.78, 5) is 40.1. The maximum Gasteiger partial charge on any atom is 0.353 e. The average Bonchev–Trinajstić information content (AvgIpc) is 3.41. The molecule has 3 aliphatic rings. The molecule has 2 aliphatic carbocycles. The maximum absolute atomic E-state index is 13.0. The number of hydrogen-bond donors (Lipinski definition) is 0. The number of thiophene rings is 1. The van der Waals surface area contributed by atoms with Crippen molar-refractivity contribution in [1.29, 1.82) is 0 Å². The van der Waals surface area contributed by atoms with E-state index in [-0.39, 0.29) is 29.4 Å². The zero-order valence-corrected chi connectivity index (χ0v) is 14.8. The van der Waals surface area contributed by atoms with E-state index in [1.54, 1.807) is 41.8 Å². The Morgan fingerprint density at radius 2 is 1.69 bits per heavy atom. The summed E-state index contributed by atoms with van der Waals surface area (Å²) in [6.45, 7) is 0. The predicted octanol–water partition coefficient (Wildman–Crippen LogP) is 3.50. The van der Waals surface area contributed by atoms with Crippen molar-refractivity contribution in [2.75, 3.05) is 4.90 Å². The van der Waals surface area contributed by atoms with Gasteiger partial charge in [-0.05, 0) is 54.7 Å². The highest BCUT2D eigenvalue weighted by Crippen LogP contribution is 2.57. The fourth-order valence-electron chi connectivity index (χ4n) is 4.92. The normalized spacial score (nSPS) is 29.3. The number of para-hydroxylation sites is 2. The highest BCUT2D eigenvalue weighted by Gasteiger charge is 2.61. The lowest BCUT2D eigenvalue weighted by Gasteiger charge is -2.19. The van der Waals surface area contributed by atoms with Crippen LogP contribution >= 0.6 is 11.3 Å². The van der Waals surface area contributed by atoms with Crippen molar-refractivity contribution in [2.45, 2.75) is 19.3 Å². The summed E-state index contributed by atoms with van der Waals surface area (Å²) < 4.78 is 5.52. The summed E-state index contributed by atoms with van der Waals surface area (Å²) in [6, 6.07) is 10.2. The lowest BCUT2D eigenvalue weighted by Crippen LogP contribution is -2.33. The number of ether oxygens (including phenoxy) is 1. The van der Waals surface area contributed by atoms with Crippen LogP contribution in [0, 0.1) is 23.7 Å². The van der Waals surface area contributed by atoms with Crippen LogP contribution in [0.1, 0.15) is 28.9 Å². The van der Waals surface area contributed by atoms with Crippen LogP contribution in [0.2, 0.25) is 0 Å². The molecule has 6 heteroatoms. The number of carbonyl (C=O) groups excluding carboxylic acids is 3. The van der Waals surface area contributed by atoms with E-state index >= 15 is 0 Å². The zero-order valence-electron chi connectivity index (χ0n) is 14.0. The first kappa shape index (κ1) is 15.8. The molecular weight excluding hydrogens is 350 g/mol. The lowest BCUT2D eigenvalue weighted by atomic mass is 9.81. The molecule has 2 amide bonds. The van der Waals surface area contributed by atoms with Crippen molar-refractivity contribution in [3.63, 3.8) is 0 Å². The van der Waals surface area contributed by atoms with Gasteiger partial charge in [-0.1, -0.05) is 18.2 Å². The molecule has 1 saturated heterocycles. The van der Waals surface area contributed by atoms with Crippen molar-refractivity contribution < 1.29 is 19.1 Å². The molecule has 2 bridgehead atoms. The van der Waals surface area contributed by atoms with Crippen molar-refractivity contribution in [3.8, 4) is 5.75 Å². The smallest absolute Gasteiger partial charge is 0.353 e. The van der Waals surface area contributed by atoms with Crippen LogP contribution in [-0.4, -0.2) is 17.8 Å². The van der Waals surface area contributed by atoms with Gasteiger partial charge in [0, 0.05) is 0 Å². The number of amides is 2. The topological polar surface area (TPSA) is 63.7 Å². The van der Waals surface area contributed by atoms with E-state index in [1.165, 1.54) is 16.2 Å². The van der Waals surface area contributed by atoms with E-state index in [0.717, 1.165) is 19.3 Å². The molecule has 3 fully saturated rings. The van der Waals surface area contributed by atoms with E-state index in [1.807, 2.05) is 0 Å². The molecule has 0 spiro atoms. The predicted molar refractivity (Wildman–Crippen MR) is 96.0 cm³/mol. The number of imide groups is 1. The second-order valence-electron chi connectivity index (χ2n) is 7.23. The van der Waals surface area contributed by atoms with E-state index in [4.69, 9.17) is 4.74 Å². The van der Waals surface area contributed by atoms with Gasteiger partial charge in [-0.3, -0.25) is 9.59 Å². The Kier molecular flexibility index (Phi) is 3.50. The van der Waals surface area contributed by atoms with Gasteiger partial charge in [0.15, 0.2) is 5.75 Å². The Balaban J connectivity index is 1.48. The second-order valence-corrected chi connectivity index (χ2v) is 8.18. The Labute approximate surface area is 154 Å². The van der Waals surface area contributed by atoms with Crippen LogP contribution in [0.4, 0.5) is 5.69 Å². The monoisotopic (exact) mass is 367 g/mol. The first-order valence-electron chi connectivity index (χ1n) is 8.87. The minimum atomic E-state index is -0.480. The summed E-state index contributed by atoms with van der Waals surface area (Å²) in [5.74, 6) is -0.227. The summed E-state index contributed by atoms with van der Waals surface area (Å²) in [6.07, 6.45) is 3.07. The van der Waals surface area contributed by atoms with E-state index in [2.05, 4.69) is 0 Å². The molecule has 2 heterocycles. The highest BCUT2D eigenvalue weighted by atomic mass is 32.1. The molecule has 5 nitrogen and oxygen atoms in total. The van der Waals surface area contributed by atoms with Crippen molar-refractivity contribution in [1.82, 2.24) is 0 Å². The van der Waals surface area contributed by atoms with E-state index in [0.29, 0.717) is 22.4 Å². The zero-order chi connectivity index (χ0) is 17.8. The van der Waals surface area contributed by atoms with Gasteiger partial charge in [-0.15, -0.1) is 11.3 Å². The number of rotatable bonds is 3. The minimum absolute atomic E-state index is 0.133. The first-order valence-corrected chi connectivity index (χ1v) is 9.75. The molecule has 1 aromatic carbocycles. The quantitative estimate of drug-likeness (QED) is 0.473. The number of hydrogen-bond acceptors (Lipinski definition) is 5. The van der Waals surface area contributed by atoms with Crippen LogP contribution in [0.3, 0.4) is 0 Å². The Morgan fingerprint density at radius 1 is 1.00 bits per heavy atom. The third-order valence-electron chi connectivity index (χ3n) is 5.96. The summed E-state index contributed by atoms with van der Waals surface area (Å²) in [5.41, 5.74) is 0.376. The summed E-state index contributed by atoms with van der Waals surface area (Å²) in [7, 11) is 0. The van der Waals surface area contributed by atoms with Crippen molar-refractivity contribution >= 4 is 34.8 Å². The van der Waals surface area contributed by atoms with Gasteiger partial charge in [0.25, 0.3) is 0 Å². The molecule has 1 aliphatic heterocycles. The van der Waals surface area contributed by atoms with Gasteiger partial charge in [0.1, 0.15) is 4.88 Å². The molecule has 2 saturated carbocycles. The second kappa shape index (κ2) is 5.77. The number of benzene rings is 1. The fourth-order valence-corrected chi connectivity index (χ4v) is 5.52. The van der Waals surface area contributed by atoms with Crippen molar-refractivity contribution in [2.24, 2.45) is 23.7 Å². The Morgan fingerprint density at radius 3 is 2.35 bits per heavy atom. The highest BCUT2D eigenvalue weighted by molar-refractivity contribution is 7.12. The summed E-state index contributed by atoms with van der Waals surface area (Å²) >= 11 is 1.29. The molecule has 0 N–H and O–H groups in total. The van der Waals surface area contributed by atoms with Crippen LogP contribution in [-0.2, 0) is 9.59 Å². The lowest BCUT2D eigenvalue weighted by molar-refractivity contribution is -0.123. The number of fused-ring (bicyclic) bond motifs is 5. The average molecular weight is 367 g/mol. The van der Waals surface area contributed by atoms with Gasteiger partial charge >= 0.3 is 5.97 Å². The minimum Gasteiger partial charge on any atom is -0.420 e. The van der Waals surface area contributed by atoms with Gasteiger partial charge in [0.05, 0.1) is 17.5 Å². The van der Waals surface area contributed by atoms with Gasteiger partial charge < -0.3 is 4.74 Å². The molecule has 4 unspecified atom stereocenters. The number of anilines is 1. The largest absolute Gasteiger partial charge is 0.420 e. The van der Waals surface area contributed by atoms with Gasteiger partial charge in [-0.2, -0.15) is 0 Å². The van der Waals surface area contributed by atoms with E-state index in [9.17, 15) is 14.4 Å². The van der Waals surface area contributed by atoms with Crippen LogP contribution in [0.25, 0.3) is 0 Å².